The van der Waals surface area contributed by atoms with Crippen LogP contribution in [0.3, 0.4) is 0 Å². The van der Waals surface area contributed by atoms with Crippen LogP contribution in [0.25, 0.3) is 0 Å². The Morgan fingerprint density at radius 3 is 2.61 bits per heavy atom. The van der Waals surface area contributed by atoms with Crippen molar-refractivity contribution in [2.75, 3.05) is 6.54 Å². The molecule has 2 atom stereocenters. The van der Waals surface area contributed by atoms with Crippen LogP contribution < -0.4 is 5.32 Å². The second kappa shape index (κ2) is 10.4. The van der Waals surface area contributed by atoms with E-state index < -0.39 is 11.5 Å². The van der Waals surface area contributed by atoms with Crippen LogP contribution in [-0.2, 0) is 4.79 Å². The van der Waals surface area contributed by atoms with Crippen LogP contribution in [0.4, 0.5) is 0 Å². The zero-order chi connectivity index (χ0) is 14.0. The first-order valence-electron chi connectivity index (χ1n) is 6.75. The maximum absolute atomic E-state index is 11.4. The number of halogens is 1. The zero-order valence-corrected chi connectivity index (χ0v) is 12.4. The van der Waals surface area contributed by atoms with Gasteiger partial charge in [0, 0.05) is 12.6 Å². The standard InChI is InChI=1S/C14H26ClNO2/c1-4-5-6-7-13(17)12(15)8-9-14(18)16-10-11(2)3/h8-9,11-13,17H,4-7,10H2,1-3H3,(H,16,18)/b9-8+/t12-,13-/m1/s1. The Labute approximate surface area is 116 Å². The number of carbonyl (C=O) groups is 1. The van der Waals surface area contributed by atoms with Crippen molar-refractivity contribution in [3.05, 3.63) is 12.2 Å². The van der Waals surface area contributed by atoms with E-state index in [0.717, 1.165) is 19.3 Å². The number of alkyl halides is 1. The van der Waals surface area contributed by atoms with E-state index >= 15 is 0 Å². The summed E-state index contributed by atoms with van der Waals surface area (Å²) >= 11 is 6.00. The summed E-state index contributed by atoms with van der Waals surface area (Å²) in [5, 5.41) is 12.0. The van der Waals surface area contributed by atoms with Gasteiger partial charge in [-0.15, -0.1) is 11.6 Å². The van der Waals surface area contributed by atoms with E-state index in [1.54, 1.807) is 6.08 Å². The van der Waals surface area contributed by atoms with Crippen molar-refractivity contribution in [1.82, 2.24) is 5.32 Å². The van der Waals surface area contributed by atoms with Crippen LogP contribution >= 0.6 is 11.6 Å². The molecule has 0 bridgehead atoms. The number of aliphatic hydroxyl groups excluding tert-OH is 1. The monoisotopic (exact) mass is 275 g/mol. The molecule has 0 aliphatic rings. The Balaban J connectivity index is 3.89. The predicted octanol–water partition coefficient (Wildman–Crippen LogP) is 2.86. The van der Waals surface area contributed by atoms with Crippen LogP contribution in [-0.4, -0.2) is 29.0 Å². The van der Waals surface area contributed by atoms with Gasteiger partial charge in [-0.05, 0) is 12.3 Å². The first-order chi connectivity index (χ1) is 8.47. The van der Waals surface area contributed by atoms with Crippen LogP contribution in [0.15, 0.2) is 12.2 Å². The molecule has 0 heterocycles. The number of amides is 1. The largest absolute Gasteiger partial charge is 0.391 e. The Kier molecular flexibility index (Phi) is 10.1. The highest BCUT2D eigenvalue weighted by Crippen LogP contribution is 2.12. The molecule has 0 aromatic rings. The van der Waals surface area contributed by atoms with Crippen molar-refractivity contribution in [2.24, 2.45) is 5.92 Å². The molecule has 4 heteroatoms. The summed E-state index contributed by atoms with van der Waals surface area (Å²) in [6.45, 7) is 6.83. The van der Waals surface area contributed by atoms with E-state index in [2.05, 4.69) is 12.2 Å². The summed E-state index contributed by atoms with van der Waals surface area (Å²) in [6.07, 6.45) is 6.25. The molecule has 3 nitrogen and oxygen atoms in total. The van der Waals surface area contributed by atoms with Gasteiger partial charge in [0.2, 0.25) is 5.91 Å². The summed E-state index contributed by atoms with van der Waals surface area (Å²) in [7, 11) is 0. The number of rotatable bonds is 9. The smallest absolute Gasteiger partial charge is 0.243 e. The lowest BCUT2D eigenvalue weighted by Gasteiger charge is -2.13. The van der Waals surface area contributed by atoms with Crippen molar-refractivity contribution in [3.63, 3.8) is 0 Å². The molecule has 0 spiro atoms. The van der Waals surface area contributed by atoms with E-state index in [9.17, 15) is 9.90 Å². The number of hydrogen-bond acceptors (Lipinski definition) is 2. The topological polar surface area (TPSA) is 49.3 Å². The molecule has 106 valence electrons. The lowest BCUT2D eigenvalue weighted by Crippen LogP contribution is -2.26. The van der Waals surface area contributed by atoms with Gasteiger partial charge in [-0.1, -0.05) is 46.1 Å². The molecule has 0 aromatic heterocycles. The highest BCUT2D eigenvalue weighted by atomic mass is 35.5. The molecule has 0 radical (unpaired) electrons. The summed E-state index contributed by atoms with van der Waals surface area (Å²) < 4.78 is 0. The Hall–Kier alpha value is -0.540. The Morgan fingerprint density at radius 2 is 2.06 bits per heavy atom. The van der Waals surface area contributed by atoms with E-state index in [1.807, 2.05) is 13.8 Å². The molecule has 0 aliphatic carbocycles. The van der Waals surface area contributed by atoms with E-state index in [0.29, 0.717) is 18.9 Å². The molecular weight excluding hydrogens is 250 g/mol. The molecule has 0 saturated heterocycles. The van der Waals surface area contributed by atoms with Crippen LogP contribution in [0, 0.1) is 5.92 Å². The van der Waals surface area contributed by atoms with E-state index in [4.69, 9.17) is 11.6 Å². The van der Waals surface area contributed by atoms with Gasteiger partial charge >= 0.3 is 0 Å². The molecule has 0 aromatic carbocycles. The van der Waals surface area contributed by atoms with Crippen molar-refractivity contribution in [3.8, 4) is 0 Å². The molecule has 0 fully saturated rings. The molecule has 0 unspecified atom stereocenters. The SMILES string of the molecule is CCCCC[C@@H](O)[C@H](Cl)/C=C/C(=O)NCC(C)C. The number of nitrogens with one attached hydrogen (secondary N) is 1. The first-order valence-corrected chi connectivity index (χ1v) is 7.19. The van der Waals surface area contributed by atoms with Crippen LogP contribution in [0.5, 0.6) is 0 Å². The third-order valence-corrected chi connectivity index (χ3v) is 3.02. The first kappa shape index (κ1) is 17.5. The Bertz CT molecular complexity index is 254. The van der Waals surface area contributed by atoms with Gasteiger partial charge in [0.15, 0.2) is 0 Å². The van der Waals surface area contributed by atoms with Gasteiger partial charge in [0.25, 0.3) is 0 Å². The molecule has 18 heavy (non-hydrogen) atoms. The molecular formula is C14H26ClNO2. The fourth-order valence-corrected chi connectivity index (χ4v) is 1.63. The maximum atomic E-state index is 11.4. The van der Waals surface area contributed by atoms with Gasteiger partial charge < -0.3 is 10.4 Å². The van der Waals surface area contributed by atoms with Gasteiger partial charge in [-0.2, -0.15) is 0 Å². The molecule has 0 rings (SSSR count). The minimum absolute atomic E-state index is 0.157. The summed E-state index contributed by atoms with van der Waals surface area (Å²) in [5.41, 5.74) is 0. The van der Waals surface area contributed by atoms with E-state index in [-0.39, 0.29) is 5.91 Å². The normalized spacial score (nSPS) is 15.0. The summed E-state index contributed by atoms with van der Waals surface area (Å²) in [6, 6.07) is 0. The van der Waals surface area contributed by atoms with Crippen molar-refractivity contribution in [2.45, 2.75) is 57.9 Å². The molecule has 0 saturated carbocycles. The van der Waals surface area contributed by atoms with Gasteiger partial charge in [-0.3, -0.25) is 4.79 Å². The lowest BCUT2D eigenvalue weighted by molar-refractivity contribution is -0.116. The summed E-state index contributed by atoms with van der Waals surface area (Å²) in [4.78, 5) is 11.4. The van der Waals surface area contributed by atoms with Crippen molar-refractivity contribution in [1.29, 1.82) is 0 Å². The third kappa shape index (κ3) is 9.49. The average molecular weight is 276 g/mol. The maximum Gasteiger partial charge on any atom is 0.243 e. The zero-order valence-electron chi connectivity index (χ0n) is 11.7. The van der Waals surface area contributed by atoms with Crippen molar-refractivity contribution >= 4 is 17.5 Å². The van der Waals surface area contributed by atoms with E-state index in [1.165, 1.54) is 6.08 Å². The van der Waals surface area contributed by atoms with Gasteiger partial charge in [0.05, 0.1) is 11.5 Å². The molecule has 0 aliphatic heterocycles. The molecule has 2 N–H and O–H groups in total. The Morgan fingerprint density at radius 1 is 1.39 bits per heavy atom. The van der Waals surface area contributed by atoms with Crippen LogP contribution in [0.1, 0.15) is 46.5 Å². The minimum atomic E-state index is -0.577. The number of hydrogen-bond donors (Lipinski definition) is 2. The quantitative estimate of drug-likeness (QED) is 0.386. The number of aliphatic hydroxyl groups is 1. The second-order valence-corrected chi connectivity index (χ2v) is 5.51. The number of unbranched alkanes of at least 4 members (excludes halogenated alkanes) is 2. The fraction of sp³-hybridized carbons (Fsp3) is 0.786. The lowest BCUT2D eigenvalue weighted by atomic mass is 10.1. The minimum Gasteiger partial charge on any atom is -0.391 e. The fourth-order valence-electron chi connectivity index (χ4n) is 1.43. The summed E-state index contributed by atoms with van der Waals surface area (Å²) in [5.74, 6) is 0.267. The van der Waals surface area contributed by atoms with Gasteiger partial charge in [0.1, 0.15) is 0 Å². The highest BCUT2D eigenvalue weighted by molar-refractivity contribution is 6.22. The highest BCUT2D eigenvalue weighted by Gasteiger charge is 2.13. The number of carbonyl (C=O) groups excluding carboxylic acids is 1. The second-order valence-electron chi connectivity index (χ2n) is 5.01. The van der Waals surface area contributed by atoms with Crippen molar-refractivity contribution < 1.29 is 9.90 Å². The van der Waals surface area contributed by atoms with Crippen LogP contribution in [0.2, 0.25) is 0 Å². The van der Waals surface area contributed by atoms with Gasteiger partial charge in [-0.25, -0.2) is 0 Å². The average Bonchev–Trinajstić information content (AvgIpc) is 2.33. The third-order valence-electron chi connectivity index (χ3n) is 2.59. The molecule has 1 amide bonds. The predicted molar refractivity (Wildman–Crippen MR) is 76.8 cm³/mol.